The molecule has 2 aromatic rings. The number of nitrogens with two attached hydrogens (primary N) is 1. The lowest BCUT2D eigenvalue weighted by Crippen LogP contribution is -2.19. The molecule has 1 atom stereocenters. The fraction of sp³-hybridized carbons (Fsp3) is 0.467. The summed E-state index contributed by atoms with van der Waals surface area (Å²) in [5.74, 6) is 0.354. The van der Waals surface area contributed by atoms with Gasteiger partial charge in [0.2, 0.25) is 0 Å². The van der Waals surface area contributed by atoms with Gasteiger partial charge in [0.15, 0.2) is 0 Å². The number of hydrogen-bond donors (Lipinski definition) is 2. The van der Waals surface area contributed by atoms with Crippen LogP contribution in [0.5, 0.6) is 0 Å². The van der Waals surface area contributed by atoms with Gasteiger partial charge in [0, 0.05) is 22.6 Å². The van der Waals surface area contributed by atoms with E-state index in [-0.39, 0.29) is 11.9 Å². The number of aryl methyl sites for hydroxylation is 1. The third kappa shape index (κ3) is 1.83. The van der Waals surface area contributed by atoms with Gasteiger partial charge in [-0.3, -0.25) is 0 Å². The predicted octanol–water partition coefficient (Wildman–Crippen LogP) is 3.81. The third-order valence-corrected chi connectivity index (χ3v) is 4.24. The van der Waals surface area contributed by atoms with Crippen LogP contribution in [0.1, 0.15) is 43.0 Å². The van der Waals surface area contributed by atoms with Crippen LogP contribution in [-0.2, 0) is 0 Å². The SMILES string of the molecule is Cc1[nH]c2ccc(F)cc2c1C(N)C1CCCC1. The van der Waals surface area contributed by atoms with Gasteiger partial charge in [-0.05, 0) is 49.4 Å². The summed E-state index contributed by atoms with van der Waals surface area (Å²) in [6.45, 7) is 2.03. The fourth-order valence-corrected chi connectivity index (χ4v) is 3.30. The van der Waals surface area contributed by atoms with E-state index in [1.54, 1.807) is 12.1 Å². The lowest BCUT2D eigenvalue weighted by atomic mass is 9.90. The van der Waals surface area contributed by atoms with Crippen LogP contribution < -0.4 is 5.73 Å². The topological polar surface area (TPSA) is 41.8 Å². The van der Waals surface area contributed by atoms with E-state index in [0.29, 0.717) is 5.92 Å². The van der Waals surface area contributed by atoms with Gasteiger partial charge in [0.05, 0.1) is 0 Å². The van der Waals surface area contributed by atoms with Crippen molar-refractivity contribution in [2.45, 2.75) is 38.6 Å². The Kier molecular flexibility index (Phi) is 2.86. The van der Waals surface area contributed by atoms with Crippen LogP contribution in [0.3, 0.4) is 0 Å². The smallest absolute Gasteiger partial charge is 0.123 e. The van der Waals surface area contributed by atoms with Gasteiger partial charge >= 0.3 is 0 Å². The molecule has 0 bridgehead atoms. The molecule has 3 N–H and O–H groups in total. The van der Waals surface area contributed by atoms with Crippen LogP contribution in [0, 0.1) is 18.7 Å². The summed E-state index contributed by atoms with van der Waals surface area (Å²) in [6, 6.07) is 4.91. The highest BCUT2D eigenvalue weighted by molar-refractivity contribution is 5.85. The minimum Gasteiger partial charge on any atom is -0.358 e. The molecule has 0 amide bonds. The van der Waals surface area contributed by atoms with Crippen LogP contribution in [0.2, 0.25) is 0 Å². The quantitative estimate of drug-likeness (QED) is 0.831. The van der Waals surface area contributed by atoms with Crippen molar-refractivity contribution in [2.24, 2.45) is 11.7 Å². The summed E-state index contributed by atoms with van der Waals surface area (Å²) in [5, 5.41) is 0.951. The van der Waals surface area contributed by atoms with Crippen molar-refractivity contribution in [2.75, 3.05) is 0 Å². The van der Waals surface area contributed by atoms with Crippen molar-refractivity contribution in [1.29, 1.82) is 0 Å². The average Bonchev–Trinajstić information content (AvgIpc) is 2.94. The largest absolute Gasteiger partial charge is 0.358 e. The zero-order valence-electron chi connectivity index (χ0n) is 10.7. The van der Waals surface area contributed by atoms with Crippen molar-refractivity contribution in [1.82, 2.24) is 4.98 Å². The van der Waals surface area contributed by atoms with Gasteiger partial charge < -0.3 is 10.7 Å². The number of aromatic amines is 1. The molecule has 1 aromatic heterocycles. The van der Waals surface area contributed by atoms with E-state index in [1.807, 2.05) is 6.92 Å². The molecule has 0 aliphatic heterocycles. The average molecular weight is 246 g/mol. The van der Waals surface area contributed by atoms with E-state index in [9.17, 15) is 4.39 Å². The molecule has 3 rings (SSSR count). The minimum absolute atomic E-state index is 0.0306. The summed E-state index contributed by atoms with van der Waals surface area (Å²) in [7, 11) is 0. The second-order valence-corrected chi connectivity index (χ2v) is 5.42. The summed E-state index contributed by atoms with van der Waals surface area (Å²) >= 11 is 0. The Bertz CT molecular complexity index is 567. The molecule has 1 unspecified atom stereocenters. The van der Waals surface area contributed by atoms with Crippen LogP contribution in [-0.4, -0.2) is 4.98 Å². The van der Waals surface area contributed by atoms with Crippen molar-refractivity contribution in [3.8, 4) is 0 Å². The maximum atomic E-state index is 13.4. The molecule has 18 heavy (non-hydrogen) atoms. The first-order chi connectivity index (χ1) is 8.66. The minimum atomic E-state index is -0.193. The van der Waals surface area contributed by atoms with E-state index in [1.165, 1.54) is 31.7 Å². The van der Waals surface area contributed by atoms with Crippen molar-refractivity contribution in [3.05, 3.63) is 35.3 Å². The number of nitrogens with one attached hydrogen (secondary N) is 1. The molecular formula is C15H19FN2. The number of H-pyrrole nitrogens is 1. The Morgan fingerprint density at radius 3 is 2.78 bits per heavy atom. The lowest BCUT2D eigenvalue weighted by Gasteiger charge is -2.19. The molecule has 1 heterocycles. The van der Waals surface area contributed by atoms with Gasteiger partial charge in [0.1, 0.15) is 5.82 Å². The van der Waals surface area contributed by atoms with E-state index in [2.05, 4.69) is 4.98 Å². The molecule has 1 aliphatic carbocycles. The zero-order chi connectivity index (χ0) is 12.7. The predicted molar refractivity (Wildman–Crippen MR) is 71.9 cm³/mol. The highest BCUT2D eigenvalue weighted by Gasteiger charge is 2.26. The number of benzene rings is 1. The Hall–Kier alpha value is -1.35. The second-order valence-electron chi connectivity index (χ2n) is 5.42. The van der Waals surface area contributed by atoms with Crippen molar-refractivity contribution in [3.63, 3.8) is 0 Å². The molecule has 3 heteroatoms. The molecular weight excluding hydrogens is 227 g/mol. The molecule has 0 saturated heterocycles. The summed E-state index contributed by atoms with van der Waals surface area (Å²) in [4.78, 5) is 3.31. The number of aromatic nitrogens is 1. The highest BCUT2D eigenvalue weighted by Crippen LogP contribution is 2.38. The van der Waals surface area contributed by atoms with Gasteiger partial charge in [-0.25, -0.2) is 4.39 Å². The Morgan fingerprint density at radius 2 is 2.06 bits per heavy atom. The molecule has 96 valence electrons. The first-order valence-corrected chi connectivity index (χ1v) is 6.70. The van der Waals surface area contributed by atoms with E-state index in [4.69, 9.17) is 5.73 Å². The third-order valence-electron chi connectivity index (χ3n) is 4.24. The Balaban J connectivity index is 2.09. The molecule has 1 fully saturated rings. The number of rotatable bonds is 2. The standard InChI is InChI=1S/C15H19FN2/c1-9-14(15(17)10-4-2-3-5-10)12-8-11(16)6-7-13(12)18-9/h6-8,10,15,18H,2-5,17H2,1H3. The normalized spacial score (nSPS) is 18.6. The highest BCUT2D eigenvalue weighted by atomic mass is 19.1. The summed E-state index contributed by atoms with van der Waals surface area (Å²) in [5.41, 5.74) is 9.59. The van der Waals surface area contributed by atoms with Crippen molar-refractivity contribution < 1.29 is 4.39 Å². The molecule has 2 nitrogen and oxygen atoms in total. The maximum absolute atomic E-state index is 13.4. The number of fused-ring (bicyclic) bond motifs is 1. The van der Waals surface area contributed by atoms with Gasteiger partial charge in [-0.15, -0.1) is 0 Å². The first kappa shape index (κ1) is 11.7. The van der Waals surface area contributed by atoms with Gasteiger partial charge in [-0.2, -0.15) is 0 Å². The zero-order valence-corrected chi connectivity index (χ0v) is 10.7. The first-order valence-electron chi connectivity index (χ1n) is 6.70. The van der Waals surface area contributed by atoms with E-state index in [0.717, 1.165) is 22.2 Å². The Labute approximate surface area is 106 Å². The molecule has 0 spiro atoms. The fourth-order valence-electron chi connectivity index (χ4n) is 3.30. The monoisotopic (exact) mass is 246 g/mol. The van der Waals surface area contributed by atoms with E-state index >= 15 is 0 Å². The second kappa shape index (κ2) is 4.39. The number of halogens is 1. The van der Waals surface area contributed by atoms with Gasteiger partial charge in [0.25, 0.3) is 0 Å². The van der Waals surface area contributed by atoms with Crippen LogP contribution in [0.15, 0.2) is 18.2 Å². The van der Waals surface area contributed by atoms with Crippen LogP contribution in [0.4, 0.5) is 4.39 Å². The summed E-state index contributed by atoms with van der Waals surface area (Å²) < 4.78 is 13.4. The maximum Gasteiger partial charge on any atom is 0.123 e. The molecule has 1 aromatic carbocycles. The molecule has 0 radical (unpaired) electrons. The molecule has 1 saturated carbocycles. The lowest BCUT2D eigenvalue weighted by molar-refractivity contribution is 0.445. The Morgan fingerprint density at radius 1 is 1.33 bits per heavy atom. The molecule has 1 aliphatic rings. The van der Waals surface area contributed by atoms with Crippen LogP contribution >= 0.6 is 0 Å². The van der Waals surface area contributed by atoms with Crippen LogP contribution in [0.25, 0.3) is 10.9 Å². The van der Waals surface area contributed by atoms with E-state index < -0.39 is 0 Å². The number of hydrogen-bond acceptors (Lipinski definition) is 1. The van der Waals surface area contributed by atoms with Gasteiger partial charge in [-0.1, -0.05) is 12.8 Å². The summed E-state index contributed by atoms with van der Waals surface area (Å²) in [6.07, 6.45) is 4.94. The van der Waals surface area contributed by atoms with Crippen molar-refractivity contribution >= 4 is 10.9 Å².